The normalized spacial score (nSPS) is 11.1. The smallest absolute Gasteiger partial charge is 0.266 e. The largest absolute Gasteiger partial charge is 0.494 e. The second-order valence-corrected chi connectivity index (χ2v) is 8.32. The van der Waals surface area contributed by atoms with E-state index in [0.29, 0.717) is 29.1 Å². The van der Waals surface area contributed by atoms with E-state index < -0.39 is 0 Å². The van der Waals surface area contributed by atoms with Crippen molar-refractivity contribution in [2.24, 2.45) is 0 Å². The van der Waals surface area contributed by atoms with Crippen LogP contribution < -0.4 is 14.4 Å². The highest BCUT2D eigenvalue weighted by Gasteiger charge is 2.21. The number of rotatable bonds is 11. The number of carbonyl (C=O) groups excluding carboxylic acids is 1. The second-order valence-electron chi connectivity index (χ2n) is 6.87. The molecule has 2 aromatic carbocycles. The Labute approximate surface area is 192 Å². The molecule has 1 amide bonds. The summed E-state index contributed by atoms with van der Waals surface area (Å²) in [6.07, 6.45) is 0. The van der Waals surface area contributed by atoms with Gasteiger partial charge in [0.15, 0.2) is 11.7 Å². The van der Waals surface area contributed by atoms with Gasteiger partial charge in [-0.2, -0.15) is 0 Å². The van der Waals surface area contributed by atoms with Crippen LogP contribution in [0.25, 0.3) is 10.2 Å². The van der Waals surface area contributed by atoms with Gasteiger partial charge in [0.2, 0.25) is 0 Å². The van der Waals surface area contributed by atoms with E-state index in [1.165, 1.54) is 11.3 Å². The van der Waals surface area contributed by atoms with E-state index in [1.807, 2.05) is 25.1 Å². The Kier molecular flexibility index (Phi) is 8.51. The maximum absolute atomic E-state index is 13.1. The quantitative estimate of drug-likeness (QED) is 0.397. The summed E-state index contributed by atoms with van der Waals surface area (Å²) in [5.74, 6) is 1.27. The molecule has 0 bridgehead atoms. The number of hydrogen-bond donors (Lipinski definition) is 0. The lowest BCUT2D eigenvalue weighted by Gasteiger charge is -2.24. The van der Waals surface area contributed by atoms with Gasteiger partial charge in [-0.15, -0.1) is 0 Å². The fourth-order valence-electron chi connectivity index (χ4n) is 3.13. The van der Waals surface area contributed by atoms with Crippen molar-refractivity contribution in [2.75, 3.05) is 44.3 Å². The van der Waals surface area contributed by atoms with Gasteiger partial charge in [-0.05, 0) is 62.5 Å². The molecule has 3 rings (SSSR count). The molecule has 0 unspecified atom stereocenters. The van der Waals surface area contributed by atoms with Crippen molar-refractivity contribution < 1.29 is 14.3 Å². The molecular formula is C23H28ClN3O3S. The summed E-state index contributed by atoms with van der Waals surface area (Å²) in [6, 6.07) is 12.8. The first kappa shape index (κ1) is 23.3. The highest BCUT2D eigenvalue weighted by atomic mass is 35.5. The molecule has 1 aromatic heterocycles. The van der Waals surface area contributed by atoms with Crippen LogP contribution in [0.2, 0.25) is 5.02 Å². The Morgan fingerprint density at radius 3 is 2.39 bits per heavy atom. The zero-order chi connectivity index (χ0) is 22.2. The zero-order valence-electron chi connectivity index (χ0n) is 18.1. The molecule has 0 atom stereocenters. The van der Waals surface area contributed by atoms with Gasteiger partial charge in [-0.3, -0.25) is 9.69 Å². The summed E-state index contributed by atoms with van der Waals surface area (Å²) in [7, 11) is 0. The minimum absolute atomic E-state index is 0.0694. The third-order valence-electron chi connectivity index (χ3n) is 4.90. The van der Waals surface area contributed by atoms with Gasteiger partial charge in [0, 0.05) is 18.1 Å². The van der Waals surface area contributed by atoms with E-state index >= 15 is 0 Å². The average molecular weight is 462 g/mol. The molecule has 0 fully saturated rings. The van der Waals surface area contributed by atoms with Crippen LogP contribution >= 0.6 is 22.9 Å². The fraction of sp³-hybridized carbons (Fsp3) is 0.391. The maximum Gasteiger partial charge on any atom is 0.266 e. The number of halogens is 1. The summed E-state index contributed by atoms with van der Waals surface area (Å²) in [5.41, 5.74) is 0.850. The molecule has 0 spiro atoms. The van der Waals surface area contributed by atoms with Crippen molar-refractivity contribution in [1.29, 1.82) is 0 Å². The average Bonchev–Trinajstić information content (AvgIpc) is 3.19. The topological polar surface area (TPSA) is 54.9 Å². The van der Waals surface area contributed by atoms with E-state index in [1.54, 1.807) is 29.2 Å². The highest BCUT2D eigenvalue weighted by Crippen LogP contribution is 2.31. The van der Waals surface area contributed by atoms with Gasteiger partial charge in [-0.25, -0.2) is 4.98 Å². The molecule has 31 heavy (non-hydrogen) atoms. The third-order valence-corrected chi connectivity index (χ3v) is 6.19. The van der Waals surface area contributed by atoms with Crippen molar-refractivity contribution in [3.63, 3.8) is 0 Å². The molecule has 8 heteroatoms. The molecular weight excluding hydrogens is 434 g/mol. The fourth-order valence-corrected chi connectivity index (χ4v) is 4.29. The summed E-state index contributed by atoms with van der Waals surface area (Å²) < 4.78 is 12.3. The Morgan fingerprint density at radius 2 is 1.71 bits per heavy atom. The summed E-state index contributed by atoms with van der Waals surface area (Å²) in [6.45, 7) is 9.89. The Balaban J connectivity index is 1.80. The van der Waals surface area contributed by atoms with Gasteiger partial charge < -0.3 is 14.4 Å². The van der Waals surface area contributed by atoms with E-state index in [-0.39, 0.29) is 12.5 Å². The number of likely N-dealkylation sites (N-methyl/N-ethyl adjacent to an activating group) is 1. The molecule has 0 aliphatic heterocycles. The number of aromatic nitrogens is 1. The van der Waals surface area contributed by atoms with Crippen LogP contribution in [0.4, 0.5) is 5.13 Å². The summed E-state index contributed by atoms with van der Waals surface area (Å²) >= 11 is 7.41. The van der Waals surface area contributed by atoms with Crippen molar-refractivity contribution >= 4 is 44.2 Å². The third kappa shape index (κ3) is 6.32. The number of carbonyl (C=O) groups is 1. The van der Waals surface area contributed by atoms with E-state index in [4.69, 9.17) is 26.1 Å². The molecule has 1 heterocycles. The van der Waals surface area contributed by atoms with Crippen molar-refractivity contribution in [3.05, 3.63) is 47.5 Å². The molecule has 0 radical (unpaired) electrons. The predicted molar refractivity (Wildman–Crippen MR) is 128 cm³/mol. The minimum atomic E-state index is -0.133. The first-order valence-electron chi connectivity index (χ1n) is 10.5. The standard InChI is InChI=1S/C23H28ClN3O3S/c1-4-26(5-2)13-14-27(22(28)16-30-18-9-7-17(24)8-10-18)23-25-20-12-11-19(29-6-3)15-21(20)31-23/h7-12,15H,4-6,13-14,16H2,1-3H3. The first-order chi connectivity index (χ1) is 15.0. The number of ether oxygens (including phenoxy) is 2. The summed E-state index contributed by atoms with van der Waals surface area (Å²) in [5, 5.41) is 1.29. The van der Waals surface area contributed by atoms with Crippen molar-refractivity contribution in [2.45, 2.75) is 20.8 Å². The van der Waals surface area contributed by atoms with Gasteiger partial charge >= 0.3 is 0 Å². The molecule has 0 aliphatic carbocycles. The van der Waals surface area contributed by atoms with Crippen LogP contribution in [0, 0.1) is 0 Å². The Morgan fingerprint density at radius 1 is 1.00 bits per heavy atom. The number of hydrogen-bond acceptors (Lipinski definition) is 6. The van der Waals surface area contributed by atoms with Crippen molar-refractivity contribution in [3.8, 4) is 11.5 Å². The Hall–Kier alpha value is -2.35. The molecule has 0 aliphatic rings. The van der Waals surface area contributed by atoms with Crippen LogP contribution in [-0.2, 0) is 4.79 Å². The predicted octanol–water partition coefficient (Wildman–Crippen LogP) is 5.10. The summed E-state index contributed by atoms with van der Waals surface area (Å²) in [4.78, 5) is 21.8. The van der Waals surface area contributed by atoms with Crippen LogP contribution in [0.3, 0.4) is 0 Å². The van der Waals surface area contributed by atoms with Crippen LogP contribution in [0.15, 0.2) is 42.5 Å². The van der Waals surface area contributed by atoms with E-state index in [9.17, 15) is 4.79 Å². The molecule has 0 saturated heterocycles. The molecule has 0 N–H and O–H groups in total. The number of thiazole rings is 1. The first-order valence-corrected chi connectivity index (χ1v) is 11.7. The van der Waals surface area contributed by atoms with Gasteiger partial charge in [0.05, 0.1) is 16.8 Å². The molecule has 0 saturated carbocycles. The van der Waals surface area contributed by atoms with E-state index in [2.05, 4.69) is 18.7 Å². The lowest BCUT2D eigenvalue weighted by molar-refractivity contribution is -0.120. The second kappa shape index (κ2) is 11.3. The number of benzene rings is 2. The van der Waals surface area contributed by atoms with E-state index in [0.717, 1.165) is 35.6 Å². The number of fused-ring (bicyclic) bond motifs is 1. The molecule has 3 aromatic rings. The van der Waals surface area contributed by atoms with Crippen LogP contribution in [0.5, 0.6) is 11.5 Å². The lowest BCUT2D eigenvalue weighted by Crippen LogP contribution is -2.41. The maximum atomic E-state index is 13.1. The number of anilines is 1. The van der Waals surface area contributed by atoms with Crippen LogP contribution in [-0.4, -0.2) is 55.2 Å². The number of amides is 1. The van der Waals surface area contributed by atoms with Crippen LogP contribution in [0.1, 0.15) is 20.8 Å². The van der Waals surface area contributed by atoms with Gasteiger partial charge in [-0.1, -0.05) is 36.8 Å². The molecule has 166 valence electrons. The number of nitrogens with zero attached hydrogens (tertiary/aromatic N) is 3. The lowest BCUT2D eigenvalue weighted by atomic mass is 10.3. The van der Waals surface area contributed by atoms with Gasteiger partial charge in [0.1, 0.15) is 11.5 Å². The van der Waals surface area contributed by atoms with Crippen molar-refractivity contribution in [1.82, 2.24) is 9.88 Å². The monoisotopic (exact) mass is 461 g/mol. The minimum Gasteiger partial charge on any atom is -0.494 e. The Bertz CT molecular complexity index is 989. The SMILES string of the molecule is CCOc1ccc2nc(N(CCN(CC)CC)C(=O)COc3ccc(Cl)cc3)sc2c1. The molecule has 6 nitrogen and oxygen atoms in total. The highest BCUT2D eigenvalue weighted by molar-refractivity contribution is 7.22. The van der Waals surface area contributed by atoms with Gasteiger partial charge in [0.25, 0.3) is 5.91 Å². The zero-order valence-corrected chi connectivity index (χ0v) is 19.7.